The monoisotopic (exact) mass is 346 g/mol. The molecule has 2 rings (SSSR count). The molecule has 2 aromatic carbocycles. The Morgan fingerprint density at radius 1 is 1.14 bits per heavy atom. The summed E-state index contributed by atoms with van der Waals surface area (Å²) in [5.74, 6) is -1.62. The van der Waals surface area contributed by atoms with Crippen molar-refractivity contribution < 1.29 is 18.5 Å². The fourth-order valence-corrected chi connectivity index (χ4v) is 3.35. The van der Waals surface area contributed by atoms with Gasteiger partial charge in [-0.15, -0.1) is 0 Å². The number of hydrogen-bond acceptors (Lipinski definition) is 2. The van der Waals surface area contributed by atoms with Crippen LogP contribution in [0.5, 0.6) is 0 Å². The Morgan fingerprint density at radius 3 is 2.48 bits per heavy atom. The van der Waals surface area contributed by atoms with Crippen molar-refractivity contribution in [3.05, 3.63) is 63.4 Å². The minimum Gasteiger partial charge on any atom is -0.478 e. The normalized spacial score (nSPS) is 12.1. The number of hydrogen-bond donors (Lipinski definition) is 1. The lowest BCUT2D eigenvalue weighted by Gasteiger charge is -2.07. The molecule has 1 atom stereocenters. The highest BCUT2D eigenvalue weighted by Crippen LogP contribution is 2.24. The number of carboxylic acids is 1. The van der Waals surface area contributed by atoms with Gasteiger partial charge in [0.1, 0.15) is 5.82 Å². The third-order valence-electron chi connectivity index (χ3n) is 2.73. The molecular formula is C14H9Cl2FO3S. The molecule has 0 spiro atoms. The van der Waals surface area contributed by atoms with Crippen LogP contribution in [0, 0.1) is 5.82 Å². The molecule has 0 heterocycles. The summed E-state index contributed by atoms with van der Waals surface area (Å²) in [5.41, 5.74) is 0.399. The largest absolute Gasteiger partial charge is 0.478 e. The summed E-state index contributed by atoms with van der Waals surface area (Å²) in [4.78, 5) is 11.3. The fraction of sp³-hybridized carbons (Fsp3) is 0.0714. The van der Waals surface area contributed by atoms with Gasteiger partial charge >= 0.3 is 5.97 Å². The zero-order valence-electron chi connectivity index (χ0n) is 10.5. The van der Waals surface area contributed by atoms with Crippen LogP contribution in [-0.4, -0.2) is 15.3 Å². The van der Waals surface area contributed by atoms with Crippen molar-refractivity contribution in [2.24, 2.45) is 0 Å². The van der Waals surface area contributed by atoms with Crippen LogP contribution in [0.1, 0.15) is 15.9 Å². The summed E-state index contributed by atoms with van der Waals surface area (Å²) >= 11 is 11.6. The van der Waals surface area contributed by atoms with Crippen LogP contribution in [0.4, 0.5) is 4.39 Å². The van der Waals surface area contributed by atoms with E-state index < -0.39 is 22.6 Å². The van der Waals surface area contributed by atoms with E-state index >= 15 is 0 Å². The first-order chi connectivity index (χ1) is 9.88. The highest BCUT2D eigenvalue weighted by atomic mass is 35.5. The average Bonchev–Trinajstić information content (AvgIpc) is 2.42. The molecule has 0 bridgehead atoms. The molecule has 0 saturated carbocycles. The molecule has 2 aromatic rings. The number of aromatic carboxylic acids is 1. The van der Waals surface area contributed by atoms with Crippen molar-refractivity contribution in [3.63, 3.8) is 0 Å². The van der Waals surface area contributed by atoms with Crippen LogP contribution in [0.15, 0.2) is 41.3 Å². The molecule has 110 valence electrons. The predicted octanol–water partition coefficient (Wildman–Crippen LogP) is 4.14. The minimum absolute atomic E-state index is 0.0554. The number of halogens is 3. The van der Waals surface area contributed by atoms with Gasteiger partial charge in [-0.25, -0.2) is 9.18 Å². The number of carboxylic acid groups (broad SMARTS) is 1. The van der Waals surface area contributed by atoms with Crippen molar-refractivity contribution in [1.29, 1.82) is 0 Å². The molecule has 0 amide bonds. The van der Waals surface area contributed by atoms with Crippen LogP contribution in [-0.2, 0) is 16.6 Å². The molecule has 0 aliphatic heterocycles. The smallest absolute Gasteiger partial charge is 0.337 e. The second kappa shape index (κ2) is 6.56. The third kappa shape index (κ3) is 3.81. The molecule has 0 aliphatic carbocycles. The molecule has 3 nitrogen and oxygen atoms in total. The van der Waals surface area contributed by atoms with E-state index in [1.165, 1.54) is 30.3 Å². The molecule has 0 aliphatic rings. The lowest BCUT2D eigenvalue weighted by Crippen LogP contribution is -2.02. The summed E-state index contributed by atoms with van der Waals surface area (Å²) in [6.07, 6.45) is 0. The SMILES string of the molecule is O=C(O)c1cc(S(=O)Cc2ccc(F)cc2Cl)ccc1Cl. The van der Waals surface area contributed by atoms with Gasteiger partial charge in [0.2, 0.25) is 0 Å². The highest BCUT2D eigenvalue weighted by Gasteiger charge is 2.14. The zero-order chi connectivity index (χ0) is 15.6. The maximum absolute atomic E-state index is 13.0. The van der Waals surface area contributed by atoms with E-state index in [2.05, 4.69) is 0 Å². The second-order valence-electron chi connectivity index (χ2n) is 4.17. The maximum Gasteiger partial charge on any atom is 0.337 e. The minimum atomic E-state index is -1.52. The second-order valence-corrected chi connectivity index (χ2v) is 6.44. The number of rotatable bonds is 4. The lowest BCUT2D eigenvalue weighted by atomic mass is 10.2. The first-order valence-electron chi connectivity index (χ1n) is 5.73. The quantitative estimate of drug-likeness (QED) is 0.904. The van der Waals surface area contributed by atoms with Crippen LogP contribution >= 0.6 is 23.2 Å². The van der Waals surface area contributed by atoms with Crippen molar-refractivity contribution in [1.82, 2.24) is 0 Å². The van der Waals surface area contributed by atoms with Gasteiger partial charge in [0.15, 0.2) is 0 Å². The van der Waals surface area contributed by atoms with Gasteiger partial charge < -0.3 is 5.11 Å². The standard InChI is InChI=1S/C14H9Cl2FO3S/c15-12-4-3-10(6-11(12)14(18)19)21(20)7-8-1-2-9(17)5-13(8)16/h1-6H,7H2,(H,18,19). The molecule has 21 heavy (non-hydrogen) atoms. The summed E-state index contributed by atoms with van der Waals surface area (Å²) < 4.78 is 25.2. The highest BCUT2D eigenvalue weighted by molar-refractivity contribution is 7.84. The van der Waals surface area contributed by atoms with Crippen LogP contribution in [0.3, 0.4) is 0 Å². The molecule has 1 N–H and O–H groups in total. The molecule has 0 radical (unpaired) electrons. The molecule has 1 unspecified atom stereocenters. The van der Waals surface area contributed by atoms with Gasteiger partial charge in [-0.1, -0.05) is 29.3 Å². The Labute approximate surface area is 132 Å². The van der Waals surface area contributed by atoms with Crippen molar-refractivity contribution in [3.8, 4) is 0 Å². The molecule has 0 fully saturated rings. The van der Waals surface area contributed by atoms with E-state index in [0.717, 1.165) is 6.07 Å². The molecule has 0 aromatic heterocycles. The van der Waals surface area contributed by atoms with Crippen molar-refractivity contribution in [2.45, 2.75) is 10.6 Å². The van der Waals surface area contributed by atoms with E-state index in [1.807, 2.05) is 0 Å². The Bertz CT molecular complexity index is 734. The van der Waals surface area contributed by atoms with Crippen molar-refractivity contribution in [2.75, 3.05) is 0 Å². The van der Waals surface area contributed by atoms with Crippen molar-refractivity contribution >= 4 is 40.0 Å². The van der Waals surface area contributed by atoms with E-state index in [9.17, 15) is 13.4 Å². The summed E-state index contributed by atoms with van der Waals surface area (Å²) in [5, 5.41) is 9.24. The molecular weight excluding hydrogens is 338 g/mol. The van der Waals surface area contributed by atoms with E-state index in [-0.39, 0.29) is 21.4 Å². The van der Waals surface area contributed by atoms with Crippen LogP contribution in [0.25, 0.3) is 0 Å². The summed E-state index contributed by atoms with van der Waals surface area (Å²) in [6, 6.07) is 7.94. The van der Waals surface area contributed by atoms with Gasteiger partial charge in [-0.05, 0) is 35.9 Å². The molecule has 7 heteroatoms. The van der Waals surface area contributed by atoms with Crippen LogP contribution in [0.2, 0.25) is 10.0 Å². The Balaban J connectivity index is 2.28. The summed E-state index contributed by atoms with van der Waals surface area (Å²) in [7, 11) is -1.52. The maximum atomic E-state index is 13.0. The average molecular weight is 347 g/mol. The third-order valence-corrected chi connectivity index (χ3v) is 4.77. The molecule has 0 saturated heterocycles. The number of carbonyl (C=O) groups is 1. The zero-order valence-corrected chi connectivity index (χ0v) is 12.8. The summed E-state index contributed by atoms with van der Waals surface area (Å²) in [6.45, 7) is 0. The van der Waals surface area contributed by atoms with E-state index in [1.54, 1.807) is 0 Å². The fourth-order valence-electron chi connectivity index (χ4n) is 1.67. The first kappa shape index (κ1) is 15.9. The predicted molar refractivity (Wildman–Crippen MR) is 79.9 cm³/mol. The Morgan fingerprint density at radius 2 is 1.86 bits per heavy atom. The van der Waals surface area contributed by atoms with Crippen LogP contribution < -0.4 is 0 Å². The Hall–Kier alpha value is -1.43. The van der Waals surface area contributed by atoms with Gasteiger partial charge in [0.25, 0.3) is 0 Å². The number of benzene rings is 2. The lowest BCUT2D eigenvalue weighted by molar-refractivity contribution is 0.0697. The van der Waals surface area contributed by atoms with Gasteiger partial charge in [-0.2, -0.15) is 0 Å². The Kier molecular flexibility index (Phi) is 4.98. The van der Waals surface area contributed by atoms with E-state index in [0.29, 0.717) is 10.5 Å². The van der Waals surface area contributed by atoms with Gasteiger partial charge in [-0.3, -0.25) is 4.21 Å². The van der Waals surface area contributed by atoms with E-state index in [4.69, 9.17) is 28.3 Å². The van der Waals surface area contributed by atoms with Gasteiger partial charge in [0.05, 0.1) is 27.1 Å². The van der Waals surface area contributed by atoms with Gasteiger partial charge in [0, 0.05) is 9.92 Å². The topological polar surface area (TPSA) is 54.4 Å². The first-order valence-corrected chi connectivity index (χ1v) is 7.81.